The van der Waals surface area contributed by atoms with E-state index in [1.165, 1.54) is 0 Å². The summed E-state index contributed by atoms with van der Waals surface area (Å²) < 4.78 is 5.63. The molecule has 0 fully saturated rings. The lowest BCUT2D eigenvalue weighted by atomic mass is 10.2. The van der Waals surface area contributed by atoms with E-state index in [9.17, 15) is 0 Å². The summed E-state index contributed by atoms with van der Waals surface area (Å²) in [4.78, 5) is 6.64. The van der Waals surface area contributed by atoms with E-state index < -0.39 is 0 Å². The third-order valence-corrected chi connectivity index (χ3v) is 3.85. The summed E-state index contributed by atoms with van der Waals surface area (Å²) in [6.45, 7) is 6.75. The van der Waals surface area contributed by atoms with Crippen LogP contribution in [0.1, 0.15) is 20.8 Å². The van der Waals surface area contributed by atoms with Crippen molar-refractivity contribution in [3.8, 4) is 5.75 Å². The van der Waals surface area contributed by atoms with Crippen molar-refractivity contribution in [2.75, 3.05) is 23.8 Å². The Morgan fingerprint density at radius 2 is 1.69 bits per heavy atom. The third kappa shape index (κ3) is 7.11. The van der Waals surface area contributed by atoms with E-state index in [1.807, 2.05) is 56.3 Å². The molecule has 2 aromatic rings. The van der Waals surface area contributed by atoms with E-state index >= 15 is 0 Å². The van der Waals surface area contributed by atoms with Crippen LogP contribution in [0.4, 0.5) is 11.4 Å². The summed E-state index contributed by atoms with van der Waals surface area (Å²) >= 11 is 0. The van der Waals surface area contributed by atoms with Crippen LogP contribution < -0.4 is 20.7 Å². The lowest BCUT2D eigenvalue weighted by molar-refractivity contribution is 0.242. The summed E-state index contributed by atoms with van der Waals surface area (Å²) in [6, 6.07) is 18.2. The summed E-state index contributed by atoms with van der Waals surface area (Å²) in [7, 11) is 2.06. The van der Waals surface area contributed by atoms with Crippen LogP contribution in [0.25, 0.3) is 0 Å². The fourth-order valence-corrected chi connectivity index (χ4v) is 2.35. The molecular formula is C20H29IN4O. The van der Waals surface area contributed by atoms with Crippen LogP contribution >= 0.6 is 24.0 Å². The highest BCUT2D eigenvalue weighted by molar-refractivity contribution is 14.0. The van der Waals surface area contributed by atoms with Crippen molar-refractivity contribution in [3.05, 3.63) is 54.6 Å². The van der Waals surface area contributed by atoms with Crippen molar-refractivity contribution in [1.82, 2.24) is 0 Å². The average molecular weight is 468 g/mol. The number of nitrogens with one attached hydrogen (secondary N) is 1. The molecule has 0 saturated carbocycles. The van der Waals surface area contributed by atoms with E-state index in [2.05, 4.69) is 41.3 Å². The van der Waals surface area contributed by atoms with E-state index in [0.717, 1.165) is 17.1 Å². The van der Waals surface area contributed by atoms with Gasteiger partial charge in [-0.3, -0.25) is 4.99 Å². The molecule has 0 saturated heterocycles. The monoisotopic (exact) mass is 468 g/mol. The Morgan fingerprint density at radius 1 is 1.08 bits per heavy atom. The minimum absolute atomic E-state index is 0. The molecule has 0 amide bonds. The molecule has 6 heteroatoms. The topological polar surface area (TPSA) is 62.9 Å². The Labute approximate surface area is 173 Å². The molecule has 0 heterocycles. The number of nitrogens with two attached hydrogens (primary N) is 1. The Bertz CT molecular complexity index is 674. The van der Waals surface area contributed by atoms with Crippen LogP contribution in [0.3, 0.4) is 0 Å². The molecule has 5 nitrogen and oxygen atoms in total. The number of anilines is 2. The van der Waals surface area contributed by atoms with Crippen LogP contribution in [-0.4, -0.2) is 31.7 Å². The van der Waals surface area contributed by atoms with Crippen molar-refractivity contribution >= 4 is 41.3 Å². The van der Waals surface area contributed by atoms with Gasteiger partial charge in [0.25, 0.3) is 0 Å². The molecule has 2 rings (SSSR count). The Hall–Kier alpha value is -1.96. The van der Waals surface area contributed by atoms with Crippen LogP contribution in [0, 0.1) is 0 Å². The number of likely N-dealkylation sites (N-methyl/N-ethyl adjacent to an activating group) is 1. The molecule has 0 spiro atoms. The largest absolute Gasteiger partial charge is 0.491 e. The second kappa shape index (κ2) is 10.9. The highest BCUT2D eigenvalue weighted by atomic mass is 127. The highest BCUT2D eigenvalue weighted by Crippen LogP contribution is 2.17. The zero-order valence-corrected chi connectivity index (χ0v) is 18.2. The van der Waals surface area contributed by atoms with E-state index in [1.54, 1.807) is 0 Å². The van der Waals surface area contributed by atoms with E-state index in [4.69, 9.17) is 10.5 Å². The standard InChI is InChI=1S/C20H28N4O.HI/c1-15(2)25-19-12-10-17(11-13-19)23-20(21)22-14-16(3)24(4)18-8-6-5-7-9-18;/h5-13,15-16H,14H2,1-4H3,(H3,21,22,23);1H. The quantitative estimate of drug-likeness (QED) is 0.361. The fourth-order valence-electron chi connectivity index (χ4n) is 2.35. The van der Waals surface area contributed by atoms with E-state index in [0.29, 0.717) is 12.5 Å². The molecule has 0 radical (unpaired) electrons. The first-order valence-corrected chi connectivity index (χ1v) is 8.57. The molecule has 142 valence electrons. The van der Waals surface area contributed by atoms with Gasteiger partial charge in [-0.05, 0) is 57.2 Å². The molecule has 3 N–H and O–H groups in total. The first kappa shape index (κ1) is 22.1. The van der Waals surface area contributed by atoms with Crippen molar-refractivity contribution in [1.29, 1.82) is 0 Å². The number of nitrogens with zero attached hydrogens (tertiary/aromatic N) is 2. The molecule has 0 aliphatic rings. The van der Waals surface area contributed by atoms with Gasteiger partial charge in [-0.1, -0.05) is 18.2 Å². The van der Waals surface area contributed by atoms with Gasteiger partial charge in [-0.25, -0.2) is 0 Å². The van der Waals surface area contributed by atoms with Crippen molar-refractivity contribution in [3.63, 3.8) is 0 Å². The predicted molar refractivity (Wildman–Crippen MR) is 122 cm³/mol. The second-order valence-corrected chi connectivity index (χ2v) is 6.34. The summed E-state index contributed by atoms with van der Waals surface area (Å²) in [5.41, 5.74) is 8.06. The molecule has 26 heavy (non-hydrogen) atoms. The summed E-state index contributed by atoms with van der Waals surface area (Å²) in [5.74, 6) is 1.25. The van der Waals surface area contributed by atoms with Crippen LogP contribution in [0.5, 0.6) is 5.75 Å². The maximum Gasteiger partial charge on any atom is 0.193 e. The Balaban J connectivity index is 0.00000338. The maximum absolute atomic E-state index is 6.00. The number of hydrogen-bond acceptors (Lipinski definition) is 3. The van der Waals surface area contributed by atoms with Gasteiger partial charge in [-0.2, -0.15) is 0 Å². The van der Waals surface area contributed by atoms with Gasteiger partial charge >= 0.3 is 0 Å². The van der Waals surface area contributed by atoms with Gasteiger partial charge in [-0.15, -0.1) is 24.0 Å². The van der Waals surface area contributed by atoms with Gasteiger partial charge < -0.3 is 20.7 Å². The Morgan fingerprint density at radius 3 is 2.27 bits per heavy atom. The molecule has 2 aromatic carbocycles. The van der Waals surface area contributed by atoms with Gasteiger partial charge in [0.1, 0.15) is 5.75 Å². The average Bonchev–Trinajstić information content (AvgIpc) is 2.61. The molecule has 0 aromatic heterocycles. The zero-order valence-electron chi connectivity index (χ0n) is 15.8. The minimum Gasteiger partial charge on any atom is -0.491 e. The van der Waals surface area contributed by atoms with Crippen LogP contribution in [0.2, 0.25) is 0 Å². The third-order valence-electron chi connectivity index (χ3n) is 3.85. The molecule has 1 unspecified atom stereocenters. The predicted octanol–water partition coefficient (Wildman–Crippen LogP) is 4.34. The lowest BCUT2D eigenvalue weighted by Gasteiger charge is -2.25. The highest BCUT2D eigenvalue weighted by Gasteiger charge is 2.09. The number of rotatable bonds is 7. The smallest absolute Gasteiger partial charge is 0.193 e. The minimum atomic E-state index is 0. The lowest BCUT2D eigenvalue weighted by Crippen LogP contribution is -2.33. The number of ether oxygens (including phenoxy) is 1. The number of halogens is 1. The first-order chi connectivity index (χ1) is 12.0. The summed E-state index contributed by atoms with van der Waals surface area (Å²) in [5, 5.41) is 3.11. The van der Waals surface area contributed by atoms with Gasteiger partial charge in [0.15, 0.2) is 5.96 Å². The van der Waals surface area contributed by atoms with Crippen LogP contribution in [0.15, 0.2) is 59.6 Å². The van der Waals surface area contributed by atoms with Crippen molar-refractivity contribution in [2.45, 2.75) is 32.9 Å². The number of para-hydroxylation sites is 1. The first-order valence-electron chi connectivity index (χ1n) is 8.57. The van der Waals surface area contributed by atoms with E-state index in [-0.39, 0.29) is 36.1 Å². The number of aliphatic imine (C=N–C) groups is 1. The van der Waals surface area contributed by atoms with Crippen molar-refractivity contribution in [2.24, 2.45) is 10.7 Å². The number of guanidine groups is 1. The molecule has 1 atom stereocenters. The molecule has 0 aliphatic carbocycles. The SMILES string of the molecule is CC(C)Oc1ccc(NC(N)=NCC(C)N(C)c2ccccc2)cc1.I. The maximum atomic E-state index is 6.00. The van der Waals surface area contributed by atoms with Gasteiger partial charge in [0.2, 0.25) is 0 Å². The second-order valence-electron chi connectivity index (χ2n) is 6.34. The number of benzene rings is 2. The van der Waals surface area contributed by atoms with Crippen LogP contribution in [-0.2, 0) is 0 Å². The van der Waals surface area contributed by atoms with Gasteiger partial charge in [0, 0.05) is 24.5 Å². The summed E-state index contributed by atoms with van der Waals surface area (Å²) in [6.07, 6.45) is 0.161. The molecule has 0 aliphatic heterocycles. The Kier molecular flexibility index (Phi) is 9.26. The number of hydrogen-bond donors (Lipinski definition) is 2. The normalized spacial score (nSPS) is 12.3. The van der Waals surface area contributed by atoms with Gasteiger partial charge in [0.05, 0.1) is 12.6 Å². The molecule has 0 bridgehead atoms. The fraction of sp³-hybridized carbons (Fsp3) is 0.350. The molecular weight excluding hydrogens is 439 g/mol. The van der Waals surface area contributed by atoms with Crippen molar-refractivity contribution < 1.29 is 4.74 Å². The zero-order chi connectivity index (χ0) is 18.2.